The highest BCUT2D eigenvalue weighted by atomic mass is 32.2. The molecule has 0 bridgehead atoms. The molecule has 0 aliphatic carbocycles. The van der Waals surface area contributed by atoms with E-state index < -0.39 is 0 Å². The van der Waals surface area contributed by atoms with Crippen LogP contribution >= 0.6 is 11.8 Å². The summed E-state index contributed by atoms with van der Waals surface area (Å²) in [6.45, 7) is 1.46. The number of amides is 1. The van der Waals surface area contributed by atoms with Crippen LogP contribution in [0, 0.1) is 11.7 Å². The quantitative estimate of drug-likeness (QED) is 0.440. The number of nitrogens with one attached hydrogen (secondary N) is 2. The Morgan fingerprint density at radius 1 is 1.58 bits per heavy atom. The number of benzene rings is 1. The van der Waals surface area contributed by atoms with Crippen molar-refractivity contribution in [3.8, 4) is 11.7 Å². The number of anilines is 2. The molecule has 4 N–H and O–H groups in total. The van der Waals surface area contributed by atoms with Crippen LogP contribution in [0.15, 0.2) is 35.7 Å². The Hall–Kier alpha value is -2.46. The van der Waals surface area contributed by atoms with Crippen LogP contribution in [-0.4, -0.2) is 21.1 Å². The summed E-state index contributed by atoms with van der Waals surface area (Å²) < 4.78 is 0. The Morgan fingerprint density at radius 3 is 2.89 bits per heavy atom. The summed E-state index contributed by atoms with van der Waals surface area (Å²) in [4.78, 5) is 14.3. The third kappa shape index (κ3) is 6.14. The fourth-order valence-electron chi connectivity index (χ4n) is 1.12. The van der Waals surface area contributed by atoms with Crippen molar-refractivity contribution in [1.29, 1.82) is 0 Å². The normalized spacial score (nSPS) is 8.84. The molecule has 0 radical (unpaired) electrons. The lowest BCUT2D eigenvalue weighted by atomic mass is 10.3. The van der Waals surface area contributed by atoms with Crippen LogP contribution in [-0.2, 0) is 4.79 Å². The van der Waals surface area contributed by atoms with Gasteiger partial charge in [-0.3, -0.25) is 9.89 Å². The second-order valence-electron chi connectivity index (χ2n) is 3.32. The maximum atomic E-state index is 10.6. The Morgan fingerprint density at radius 2 is 2.37 bits per heavy atom. The van der Waals surface area contributed by atoms with Crippen LogP contribution in [0.3, 0.4) is 0 Å². The average molecular weight is 275 g/mol. The number of nitrogen functional groups attached to an aromatic ring is 1. The minimum absolute atomic E-state index is 0.0874. The standard InChI is InChI=1S/C8H10N2O.C4H3N3S/c1-6(11)10-8-4-2-3-7(9)5-8;1-2-8-4-5-3-6-7-4/h2-5H,9H2,1H3,(H,10,11);1,3H,(H,5,6,7). The predicted octanol–water partition coefficient (Wildman–Crippen LogP) is 1.71. The van der Waals surface area contributed by atoms with Crippen LogP contribution in [0.2, 0.25) is 0 Å². The third-order valence-corrected chi connectivity index (χ3v) is 2.26. The van der Waals surface area contributed by atoms with Gasteiger partial charge in [0.2, 0.25) is 5.91 Å². The van der Waals surface area contributed by atoms with Crippen molar-refractivity contribution in [2.75, 3.05) is 11.1 Å². The van der Waals surface area contributed by atoms with Crippen molar-refractivity contribution in [2.45, 2.75) is 12.1 Å². The zero-order chi connectivity index (χ0) is 14.1. The largest absolute Gasteiger partial charge is 0.399 e. The first-order valence-electron chi connectivity index (χ1n) is 5.22. The highest BCUT2D eigenvalue weighted by Crippen LogP contribution is 2.11. The van der Waals surface area contributed by atoms with Crippen LogP contribution < -0.4 is 11.1 Å². The molecule has 6 nitrogen and oxygen atoms in total. The number of aromatic nitrogens is 3. The number of nitrogens with two attached hydrogens (primary N) is 1. The zero-order valence-corrected chi connectivity index (χ0v) is 11.1. The lowest BCUT2D eigenvalue weighted by Crippen LogP contribution is -2.05. The molecule has 0 saturated heterocycles. The van der Waals surface area contributed by atoms with Gasteiger partial charge in [-0.2, -0.15) is 5.10 Å². The minimum atomic E-state index is -0.0874. The van der Waals surface area contributed by atoms with Gasteiger partial charge in [0.15, 0.2) is 5.16 Å². The number of hydrogen-bond acceptors (Lipinski definition) is 5. The van der Waals surface area contributed by atoms with Gasteiger partial charge in [-0.1, -0.05) is 6.07 Å². The molecule has 2 rings (SSSR count). The summed E-state index contributed by atoms with van der Waals surface area (Å²) >= 11 is 1.18. The molecule has 0 aliphatic rings. The number of carbonyl (C=O) groups excluding carboxylic acids is 1. The van der Waals surface area contributed by atoms with Crippen LogP contribution in [0.5, 0.6) is 0 Å². The molecule has 1 aromatic carbocycles. The first-order valence-corrected chi connectivity index (χ1v) is 6.04. The van der Waals surface area contributed by atoms with Gasteiger partial charge >= 0.3 is 0 Å². The van der Waals surface area contributed by atoms with Crippen molar-refractivity contribution in [3.63, 3.8) is 0 Å². The molecule has 1 amide bonds. The van der Waals surface area contributed by atoms with Gasteiger partial charge in [0.1, 0.15) is 6.33 Å². The van der Waals surface area contributed by atoms with Gasteiger partial charge in [0.05, 0.1) is 0 Å². The fourth-order valence-corrected chi connectivity index (χ4v) is 1.43. The summed E-state index contributed by atoms with van der Waals surface area (Å²) in [5.74, 6) is -0.0874. The maximum Gasteiger partial charge on any atom is 0.221 e. The lowest BCUT2D eigenvalue weighted by molar-refractivity contribution is -0.114. The molecule has 0 atom stereocenters. The fraction of sp³-hybridized carbons (Fsp3) is 0.0833. The Labute approximate surface area is 115 Å². The van der Waals surface area contributed by atoms with E-state index in [-0.39, 0.29) is 5.91 Å². The highest BCUT2D eigenvalue weighted by molar-refractivity contribution is 8.03. The van der Waals surface area contributed by atoms with E-state index in [1.165, 1.54) is 25.0 Å². The molecule has 0 unspecified atom stereocenters. The van der Waals surface area contributed by atoms with Crippen LogP contribution in [0.1, 0.15) is 6.92 Å². The van der Waals surface area contributed by atoms with E-state index in [1.807, 2.05) is 0 Å². The highest BCUT2D eigenvalue weighted by Gasteiger charge is 1.93. The molecule has 7 heteroatoms. The molecular weight excluding hydrogens is 262 g/mol. The lowest BCUT2D eigenvalue weighted by Gasteiger charge is -2.01. The summed E-state index contributed by atoms with van der Waals surface area (Å²) in [6.07, 6.45) is 6.36. The third-order valence-electron chi connectivity index (χ3n) is 1.76. The number of carbonyl (C=O) groups is 1. The van der Waals surface area contributed by atoms with E-state index in [4.69, 9.17) is 12.2 Å². The second-order valence-corrected chi connectivity index (χ2v) is 4.14. The summed E-state index contributed by atoms with van der Waals surface area (Å²) in [5, 5.41) is 11.8. The average Bonchev–Trinajstić information content (AvgIpc) is 2.82. The van der Waals surface area contributed by atoms with E-state index in [9.17, 15) is 4.79 Å². The van der Waals surface area contributed by atoms with Crippen LogP contribution in [0.4, 0.5) is 11.4 Å². The number of nitrogens with zero attached hydrogens (tertiary/aromatic N) is 2. The van der Waals surface area contributed by atoms with Crippen molar-refractivity contribution >= 4 is 29.0 Å². The minimum Gasteiger partial charge on any atom is -0.399 e. The van der Waals surface area contributed by atoms with Crippen molar-refractivity contribution < 1.29 is 4.79 Å². The molecular formula is C12H13N5OS. The monoisotopic (exact) mass is 275 g/mol. The number of aromatic amines is 1. The molecule has 0 aliphatic heterocycles. The number of thioether (sulfide) groups is 1. The Balaban J connectivity index is 0.000000200. The summed E-state index contributed by atoms with van der Waals surface area (Å²) in [5.41, 5.74) is 6.87. The number of hydrogen-bond donors (Lipinski definition) is 3. The number of H-pyrrole nitrogens is 1. The maximum absolute atomic E-state index is 10.6. The van der Waals surface area contributed by atoms with Gasteiger partial charge in [0.25, 0.3) is 0 Å². The van der Waals surface area contributed by atoms with Gasteiger partial charge in [-0.15, -0.1) is 6.42 Å². The van der Waals surface area contributed by atoms with E-state index >= 15 is 0 Å². The second kappa shape index (κ2) is 7.79. The molecule has 19 heavy (non-hydrogen) atoms. The Kier molecular flexibility index (Phi) is 5.98. The van der Waals surface area contributed by atoms with E-state index in [0.717, 1.165) is 5.69 Å². The summed E-state index contributed by atoms with van der Waals surface area (Å²) in [6, 6.07) is 7.06. The van der Waals surface area contributed by atoms with Gasteiger partial charge in [0, 0.05) is 30.1 Å². The SMILES string of the molecule is C#CSc1ncn[nH]1.CC(=O)Nc1cccc(N)c1. The van der Waals surface area contributed by atoms with Crippen LogP contribution in [0.25, 0.3) is 0 Å². The first-order chi connectivity index (χ1) is 9.11. The van der Waals surface area contributed by atoms with Crippen molar-refractivity contribution in [3.05, 3.63) is 30.6 Å². The van der Waals surface area contributed by atoms with Gasteiger partial charge < -0.3 is 11.1 Å². The van der Waals surface area contributed by atoms with Crippen molar-refractivity contribution in [1.82, 2.24) is 15.2 Å². The number of rotatable bonds is 2. The summed E-state index contributed by atoms with van der Waals surface area (Å²) in [7, 11) is 0. The van der Waals surface area contributed by atoms with E-state index in [1.54, 1.807) is 24.3 Å². The molecule has 98 valence electrons. The molecule has 0 fully saturated rings. The molecule has 0 spiro atoms. The van der Waals surface area contributed by atoms with Gasteiger partial charge in [-0.05, 0) is 23.5 Å². The molecule has 2 aromatic rings. The molecule has 0 saturated carbocycles. The topological polar surface area (TPSA) is 96.7 Å². The van der Waals surface area contributed by atoms with E-state index in [0.29, 0.717) is 10.8 Å². The number of terminal acetylenes is 1. The molecule has 1 heterocycles. The zero-order valence-electron chi connectivity index (χ0n) is 10.3. The predicted molar refractivity (Wildman–Crippen MR) is 76.2 cm³/mol. The Bertz CT molecular complexity index is 562. The van der Waals surface area contributed by atoms with Gasteiger partial charge in [-0.25, -0.2) is 4.98 Å². The smallest absolute Gasteiger partial charge is 0.221 e. The van der Waals surface area contributed by atoms with Crippen molar-refractivity contribution in [2.24, 2.45) is 0 Å². The first kappa shape index (κ1) is 14.6. The molecule has 1 aromatic heterocycles. The van der Waals surface area contributed by atoms with E-state index in [2.05, 4.69) is 25.8 Å².